The van der Waals surface area contributed by atoms with Crippen molar-refractivity contribution in [1.82, 2.24) is 24.4 Å². The highest BCUT2D eigenvalue weighted by Gasteiger charge is 2.24. The first-order chi connectivity index (χ1) is 12.7. The maximum atomic E-state index is 4.82. The number of pyridine rings is 1. The number of nitrogens with zero attached hydrogens (tertiary/aromatic N) is 5. The van der Waals surface area contributed by atoms with Crippen molar-refractivity contribution in [3.63, 3.8) is 0 Å². The van der Waals surface area contributed by atoms with E-state index in [1.54, 1.807) is 11.3 Å². The third-order valence-corrected chi connectivity index (χ3v) is 5.67. The fourth-order valence-electron chi connectivity index (χ4n) is 3.39. The fraction of sp³-hybridized carbons (Fsp3) is 0.421. The molecular formula is C19H24N6S. The quantitative estimate of drug-likeness (QED) is 0.744. The van der Waals surface area contributed by atoms with E-state index in [0.29, 0.717) is 5.92 Å². The zero-order valence-corrected chi connectivity index (χ0v) is 16.0. The number of hydrogen-bond donors (Lipinski definition) is 1. The summed E-state index contributed by atoms with van der Waals surface area (Å²) in [5.74, 6) is 1.34. The van der Waals surface area contributed by atoms with Gasteiger partial charge in [-0.05, 0) is 37.9 Å². The SMILES string of the molecule is Cc1ccc(Nc2nc([C@H]3CCCN(Cc4cncn4C)C3)cs2)nc1. The van der Waals surface area contributed by atoms with Gasteiger partial charge in [0.05, 0.1) is 17.7 Å². The van der Waals surface area contributed by atoms with Gasteiger partial charge in [0.15, 0.2) is 5.13 Å². The molecule has 0 aliphatic carbocycles. The number of anilines is 2. The number of rotatable bonds is 5. The molecule has 6 nitrogen and oxygen atoms in total. The molecule has 1 saturated heterocycles. The van der Waals surface area contributed by atoms with E-state index in [4.69, 9.17) is 4.98 Å². The molecule has 0 radical (unpaired) electrons. The van der Waals surface area contributed by atoms with E-state index in [-0.39, 0.29) is 0 Å². The molecule has 1 aliphatic heterocycles. The van der Waals surface area contributed by atoms with Crippen LogP contribution in [0.3, 0.4) is 0 Å². The molecule has 7 heteroatoms. The van der Waals surface area contributed by atoms with Gasteiger partial charge in [0.1, 0.15) is 5.82 Å². The standard InChI is InChI=1S/C19H24N6S/c1-14-5-6-18(21-8-14)23-19-22-17(12-26-19)15-4-3-7-25(10-15)11-16-9-20-13-24(16)2/h5-6,8-9,12-13,15H,3-4,7,10-11H2,1-2H3,(H,21,22,23)/t15-/m0/s1. The molecule has 0 spiro atoms. The normalized spacial score (nSPS) is 18.2. The molecule has 3 aromatic rings. The van der Waals surface area contributed by atoms with Gasteiger partial charge in [-0.3, -0.25) is 4.90 Å². The molecule has 136 valence electrons. The molecular weight excluding hydrogens is 344 g/mol. The molecule has 0 amide bonds. The lowest BCUT2D eigenvalue weighted by molar-refractivity contribution is 0.195. The highest BCUT2D eigenvalue weighted by Crippen LogP contribution is 2.31. The lowest BCUT2D eigenvalue weighted by Crippen LogP contribution is -2.34. The molecule has 26 heavy (non-hydrogen) atoms. The van der Waals surface area contributed by atoms with Crippen LogP contribution in [0.4, 0.5) is 10.9 Å². The minimum Gasteiger partial charge on any atom is -0.337 e. The predicted octanol–water partition coefficient (Wildman–Crippen LogP) is 3.70. The molecule has 0 aromatic carbocycles. The van der Waals surface area contributed by atoms with Crippen LogP contribution in [0.2, 0.25) is 0 Å². The van der Waals surface area contributed by atoms with Gasteiger partial charge in [-0.25, -0.2) is 15.0 Å². The molecule has 1 aliphatic rings. The largest absolute Gasteiger partial charge is 0.337 e. The van der Waals surface area contributed by atoms with Crippen LogP contribution in [0.1, 0.15) is 35.7 Å². The number of aryl methyl sites for hydroxylation is 2. The van der Waals surface area contributed by atoms with Crippen molar-refractivity contribution in [3.05, 3.63) is 53.2 Å². The Hall–Kier alpha value is -2.25. The molecule has 1 atom stereocenters. The van der Waals surface area contributed by atoms with E-state index in [0.717, 1.165) is 36.1 Å². The molecule has 4 heterocycles. The summed E-state index contributed by atoms with van der Waals surface area (Å²) in [4.78, 5) is 16.0. The van der Waals surface area contributed by atoms with Gasteiger partial charge in [0, 0.05) is 43.8 Å². The van der Waals surface area contributed by atoms with E-state index < -0.39 is 0 Å². The van der Waals surface area contributed by atoms with Gasteiger partial charge in [0.2, 0.25) is 0 Å². The summed E-state index contributed by atoms with van der Waals surface area (Å²) in [5, 5.41) is 6.42. The fourth-order valence-corrected chi connectivity index (χ4v) is 4.19. The molecule has 1 N–H and O–H groups in total. The van der Waals surface area contributed by atoms with Gasteiger partial charge < -0.3 is 9.88 Å². The summed E-state index contributed by atoms with van der Waals surface area (Å²) < 4.78 is 2.10. The van der Waals surface area contributed by atoms with E-state index >= 15 is 0 Å². The minimum atomic E-state index is 0.495. The van der Waals surface area contributed by atoms with Crippen molar-refractivity contribution in [2.75, 3.05) is 18.4 Å². The second kappa shape index (κ2) is 7.55. The van der Waals surface area contributed by atoms with E-state index in [2.05, 4.69) is 43.2 Å². The smallest absolute Gasteiger partial charge is 0.188 e. The Kier molecular flexibility index (Phi) is 4.99. The topological polar surface area (TPSA) is 58.9 Å². The van der Waals surface area contributed by atoms with Crippen molar-refractivity contribution >= 4 is 22.3 Å². The van der Waals surface area contributed by atoms with Crippen molar-refractivity contribution in [1.29, 1.82) is 0 Å². The van der Waals surface area contributed by atoms with Gasteiger partial charge in [-0.1, -0.05) is 6.07 Å². The third kappa shape index (κ3) is 3.94. The summed E-state index contributed by atoms with van der Waals surface area (Å²) >= 11 is 1.66. The minimum absolute atomic E-state index is 0.495. The van der Waals surface area contributed by atoms with Crippen LogP contribution in [0.5, 0.6) is 0 Å². The van der Waals surface area contributed by atoms with Gasteiger partial charge >= 0.3 is 0 Å². The third-order valence-electron chi connectivity index (χ3n) is 4.89. The Morgan fingerprint density at radius 3 is 3.00 bits per heavy atom. The summed E-state index contributed by atoms with van der Waals surface area (Å²) in [6.45, 7) is 5.19. The van der Waals surface area contributed by atoms with Crippen LogP contribution in [0.15, 0.2) is 36.2 Å². The molecule has 1 fully saturated rings. The highest BCUT2D eigenvalue weighted by molar-refractivity contribution is 7.13. The van der Waals surface area contributed by atoms with Crippen LogP contribution in [0, 0.1) is 6.92 Å². The monoisotopic (exact) mass is 368 g/mol. The van der Waals surface area contributed by atoms with Crippen LogP contribution in [-0.2, 0) is 13.6 Å². The number of aromatic nitrogens is 4. The van der Waals surface area contributed by atoms with Crippen LogP contribution >= 0.6 is 11.3 Å². The summed E-state index contributed by atoms with van der Waals surface area (Å²) in [7, 11) is 2.06. The lowest BCUT2D eigenvalue weighted by Gasteiger charge is -2.31. The van der Waals surface area contributed by atoms with E-state index in [9.17, 15) is 0 Å². The van der Waals surface area contributed by atoms with Crippen molar-refractivity contribution < 1.29 is 0 Å². The Labute approximate surface area is 157 Å². The predicted molar refractivity (Wildman–Crippen MR) is 105 cm³/mol. The van der Waals surface area contributed by atoms with Crippen molar-refractivity contribution in [3.8, 4) is 0 Å². The summed E-state index contributed by atoms with van der Waals surface area (Å²) in [6.07, 6.45) is 8.11. The Bertz CT molecular complexity index is 853. The average Bonchev–Trinajstić information content (AvgIpc) is 3.27. The van der Waals surface area contributed by atoms with Crippen molar-refractivity contribution in [2.24, 2.45) is 7.05 Å². The number of imidazole rings is 1. The second-order valence-corrected chi connectivity index (χ2v) is 7.85. The number of thiazole rings is 1. The lowest BCUT2D eigenvalue weighted by atomic mass is 9.95. The highest BCUT2D eigenvalue weighted by atomic mass is 32.1. The Morgan fingerprint density at radius 1 is 1.31 bits per heavy atom. The molecule has 3 aromatic heterocycles. The van der Waals surface area contributed by atoms with E-state index in [1.165, 1.54) is 24.2 Å². The zero-order chi connectivity index (χ0) is 17.9. The summed E-state index contributed by atoms with van der Waals surface area (Å²) in [5.41, 5.74) is 3.61. The van der Waals surface area contributed by atoms with E-state index in [1.807, 2.05) is 31.7 Å². The molecule has 4 rings (SSSR count). The van der Waals surface area contributed by atoms with Gasteiger partial charge in [0.25, 0.3) is 0 Å². The van der Waals surface area contributed by atoms with Crippen LogP contribution in [0.25, 0.3) is 0 Å². The Balaban J connectivity index is 1.40. The maximum absolute atomic E-state index is 4.82. The van der Waals surface area contributed by atoms with Crippen LogP contribution < -0.4 is 5.32 Å². The number of nitrogens with one attached hydrogen (secondary N) is 1. The number of hydrogen-bond acceptors (Lipinski definition) is 6. The summed E-state index contributed by atoms with van der Waals surface area (Å²) in [6, 6.07) is 4.05. The molecule has 0 unspecified atom stereocenters. The number of piperidine rings is 1. The zero-order valence-electron chi connectivity index (χ0n) is 15.2. The first-order valence-electron chi connectivity index (χ1n) is 9.00. The van der Waals surface area contributed by atoms with Crippen LogP contribution in [-0.4, -0.2) is 37.5 Å². The average molecular weight is 369 g/mol. The Morgan fingerprint density at radius 2 is 2.23 bits per heavy atom. The number of likely N-dealkylation sites (tertiary alicyclic amines) is 1. The van der Waals surface area contributed by atoms with Gasteiger partial charge in [-0.2, -0.15) is 0 Å². The first kappa shape index (κ1) is 17.2. The molecule has 0 bridgehead atoms. The maximum Gasteiger partial charge on any atom is 0.188 e. The van der Waals surface area contributed by atoms with Gasteiger partial charge in [-0.15, -0.1) is 11.3 Å². The van der Waals surface area contributed by atoms with Crippen molar-refractivity contribution in [2.45, 2.75) is 32.2 Å². The first-order valence-corrected chi connectivity index (χ1v) is 9.88. The second-order valence-electron chi connectivity index (χ2n) is 6.99. The molecule has 0 saturated carbocycles.